The third-order valence-electron chi connectivity index (χ3n) is 0.817. The van der Waals surface area contributed by atoms with Gasteiger partial charge < -0.3 is 10.4 Å². The van der Waals surface area contributed by atoms with Gasteiger partial charge >= 0.3 is 5.97 Å². The second-order valence-corrected chi connectivity index (χ2v) is 1.60. The second-order valence-electron chi connectivity index (χ2n) is 1.60. The third kappa shape index (κ3) is 11.2. The molecule has 0 radical (unpaired) electrons. The zero-order valence-corrected chi connectivity index (χ0v) is 4.98. The molecule has 0 saturated heterocycles. The minimum atomic E-state index is -0.722. The number of hydrogen-bond donors (Lipinski definition) is 2. The minimum absolute atomic E-state index is 0. The lowest BCUT2D eigenvalue weighted by Gasteiger charge is -1.92. The molecule has 3 heteroatoms. The fraction of sp³-hybridized carbons (Fsp3) is 0.833. The maximum Gasteiger partial charge on any atom is 0.303 e. The van der Waals surface area contributed by atoms with Crippen LogP contribution in [0.15, 0.2) is 0 Å². The molecule has 0 bridgehead atoms. The van der Waals surface area contributed by atoms with Gasteiger partial charge in [0.1, 0.15) is 0 Å². The number of aliphatic carboxylic acids is 1. The molecule has 0 heterocycles. The van der Waals surface area contributed by atoms with Crippen molar-refractivity contribution in [3.8, 4) is 0 Å². The number of hydrogen-bond acceptors (Lipinski definition) is 2. The summed E-state index contributed by atoms with van der Waals surface area (Å²) in [6, 6.07) is 0. The smallest absolute Gasteiger partial charge is 0.303 e. The second kappa shape index (κ2) is 7.43. The van der Waals surface area contributed by atoms with Gasteiger partial charge in [-0.1, -0.05) is 7.43 Å². The molecule has 3 nitrogen and oxygen atoms in total. The quantitative estimate of drug-likeness (QED) is 0.555. The van der Waals surface area contributed by atoms with Crippen molar-refractivity contribution in [2.24, 2.45) is 0 Å². The Kier molecular flexibility index (Phi) is 9.29. The Morgan fingerprint density at radius 1 is 1.67 bits per heavy atom. The Hall–Kier alpha value is -0.570. The van der Waals surface area contributed by atoms with Crippen LogP contribution >= 0.6 is 0 Å². The Morgan fingerprint density at radius 3 is 2.56 bits per heavy atom. The molecule has 2 N–H and O–H groups in total. The normalized spacial score (nSPS) is 8.11. The lowest BCUT2D eigenvalue weighted by molar-refractivity contribution is -0.137. The van der Waals surface area contributed by atoms with Gasteiger partial charge in [0, 0.05) is 6.42 Å². The molecule has 9 heavy (non-hydrogen) atoms. The van der Waals surface area contributed by atoms with Gasteiger partial charge in [0.2, 0.25) is 0 Å². The van der Waals surface area contributed by atoms with E-state index in [0.29, 0.717) is 6.42 Å². The topological polar surface area (TPSA) is 49.3 Å². The van der Waals surface area contributed by atoms with E-state index in [2.05, 4.69) is 5.32 Å². The molecule has 0 aliphatic heterocycles. The van der Waals surface area contributed by atoms with Crippen molar-refractivity contribution in [2.45, 2.75) is 20.3 Å². The van der Waals surface area contributed by atoms with Crippen LogP contribution in [-0.2, 0) is 4.79 Å². The Bertz CT molecular complexity index is 73.5. The highest BCUT2D eigenvalue weighted by molar-refractivity contribution is 5.66. The predicted molar refractivity (Wildman–Crippen MR) is 37.5 cm³/mol. The van der Waals surface area contributed by atoms with Crippen molar-refractivity contribution in [2.75, 3.05) is 13.6 Å². The van der Waals surface area contributed by atoms with Gasteiger partial charge in [0.25, 0.3) is 0 Å². The summed E-state index contributed by atoms with van der Waals surface area (Å²) in [4.78, 5) is 9.85. The lowest BCUT2D eigenvalue weighted by atomic mass is 10.3. The fourth-order valence-corrected chi connectivity index (χ4v) is 0.416. The van der Waals surface area contributed by atoms with Crippen molar-refractivity contribution in [3.63, 3.8) is 0 Å². The van der Waals surface area contributed by atoms with Crippen LogP contribution in [0, 0.1) is 0 Å². The zero-order chi connectivity index (χ0) is 6.41. The molecular weight excluding hydrogens is 118 g/mol. The first kappa shape index (κ1) is 11.3. The van der Waals surface area contributed by atoms with E-state index in [1.165, 1.54) is 0 Å². The van der Waals surface area contributed by atoms with Gasteiger partial charge in [0.15, 0.2) is 0 Å². The molecular formula is C6H15NO2. The summed E-state index contributed by atoms with van der Waals surface area (Å²) in [5, 5.41) is 11.0. The Balaban J connectivity index is 0. The molecule has 0 aromatic rings. The first-order valence-corrected chi connectivity index (χ1v) is 2.63. The van der Waals surface area contributed by atoms with Gasteiger partial charge in [-0.3, -0.25) is 4.79 Å². The summed E-state index contributed by atoms with van der Waals surface area (Å²) < 4.78 is 0. The largest absolute Gasteiger partial charge is 0.481 e. The van der Waals surface area contributed by atoms with Gasteiger partial charge in [-0.05, 0) is 20.0 Å². The molecule has 0 unspecified atom stereocenters. The van der Waals surface area contributed by atoms with E-state index in [1.54, 1.807) is 0 Å². The molecule has 56 valence electrons. The maximum absolute atomic E-state index is 9.85. The van der Waals surface area contributed by atoms with Crippen LogP contribution < -0.4 is 5.32 Å². The van der Waals surface area contributed by atoms with Crippen molar-refractivity contribution >= 4 is 5.97 Å². The number of rotatable bonds is 4. The van der Waals surface area contributed by atoms with Crippen molar-refractivity contribution in [3.05, 3.63) is 0 Å². The monoisotopic (exact) mass is 133 g/mol. The standard InChI is InChI=1S/C5H11NO2.CH4/c1-6-4-2-3-5(7)8;/h6H,2-4H2,1H3,(H,7,8);1H4. The van der Waals surface area contributed by atoms with E-state index in [9.17, 15) is 4.79 Å². The fourth-order valence-electron chi connectivity index (χ4n) is 0.416. The van der Waals surface area contributed by atoms with Gasteiger partial charge in [0.05, 0.1) is 0 Å². The number of carbonyl (C=O) groups is 1. The van der Waals surface area contributed by atoms with Crippen LogP contribution in [0.1, 0.15) is 20.3 Å². The average Bonchev–Trinajstić information content (AvgIpc) is 1.66. The zero-order valence-electron chi connectivity index (χ0n) is 4.98. The first-order chi connectivity index (χ1) is 3.77. The van der Waals surface area contributed by atoms with Crippen molar-refractivity contribution in [1.82, 2.24) is 5.32 Å². The summed E-state index contributed by atoms with van der Waals surface area (Å²) in [6.07, 6.45) is 0.979. The lowest BCUT2D eigenvalue weighted by Crippen LogP contribution is -2.09. The molecule has 0 amide bonds. The molecule has 0 aliphatic rings. The average molecular weight is 133 g/mol. The van der Waals surface area contributed by atoms with Crippen LogP contribution in [0.2, 0.25) is 0 Å². The first-order valence-electron chi connectivity index (χ1n) is 2.63. The van der Waals surface area contributed by atoms with E-state index in [0.717, 1.165) is 6.54 Å². The van der Waals surface area contributed by atoms with Crippen LogP contribution in [0.3, 0.4) is 0 Å². The Labute approximate surface area is 56.1 Å². The number of carboxylic acids is 1. The number of nitrogens with one attached hydrogen (secondary N) is 1. The van der Waals surface area contributed by atoms with Crippen LogP contribution in [0.25, 0.3) is 0 Å². The summed E-state index contributed by atoms with van der Waals surface area (Å²) in [6.45, 7) is 0.784. The van der Waals surface area contributed by atoms with E-state index < -0.39 is 5.97 Å². The third-order valence-corrected chi connectivity index (χ3v) is 0.817. The summed E-state index contributed by atoms with van der Waals surface area (Å²) in [5.41, 5.74) is 0. The molecule has 0 saturated carbocycles. The van der Waals surface area contributed by atoms with Gasteiger partial charge in [-0.2, -0.15) is 0 Å². The highest BCUT2D eigenvalue weighted by atomic mass is 16.4. The molecule has 0 rings (SSSR count). The molecule has 0 fully saturated rings. The molecule has 0 spiro atoms. The SMILES string of the molecule is C.CNCCCC(=O)O. The van der Waals surface area contributed by atoms with Gasteiger partial charge in [-0.15, -0.1) is 0 Å². The van der Waals surface area contributed by atoms with E-state index in [4.69, 9.17) is 5.11 Å². The van der Waals surface area contributed by atoms with Crippen molar-refractivity contribution in [1.29, 1.82) is 0 Å². The highest BCUT2D eigenvalue weighted by Crippen LogP contribution is 1.83. The molecule has 0 atom stereocenters. The highest BCUT2D eigenvalue weighted by Gasteiger charge is 1.92. The maximum atomic E-state index is 9.85. The van der Waals surface area contributed by atoms with Crippen LogP contribution in [-0.4, -0.2) is 24.7 Å². The Morgan fingerprint density at radius 2 is 2.22 bits per heavy atom. The van der Waals surface area contributed by atoms with Crippen LogP contribution in [0.5, 0.6) is 0 Å². The van der Waals surface area contributed by atoms with Gasteiger partial charge in [-0.25, -0.2) is 0 Å². The van der Waals surface area contributed by atoms with Crippen LogP contribution in [0.4, 0.5) is 0 Å². The van der Waals surface area contributed by atoms with E-state index in [1.807, 2.05) is 7.05 Å². The molecule has 0 aromatic carbocycles. The van der Waals surface area contributed by atoms with E-state index in [-0.39, 0.29) is 13.8 Å². The predicted octanol–water partition coefficient (Wildman–Crippen LogP) is 0.707. The summed E-state index contributed by atoms with van der Waals surface area (Å²) >= 11 is 0. The summed E-state index contributed by atoms with van der Waals surface area (Å²) in [5.74, 6) is -0.722. The van der Waals surface area contributed by atoms with E-state index >= 15 is 0 Å². The molecule has 0 aromatic heterocycles. The molecule has 0 aliphatic carbocycles. The minimum Gasteiger partial charge on any atom is -0.481 e. The van der Waals surface area contributed by atoms with Crippen molar-refractivity contribution < 1.29 is 9.90 Å². The number of carboxylic acid groups (broad SMARTS) is 1. The summed E-state index contributed by atoms with van der Waals surface area (Å²) in [7, 11) is 1.81.